The van der Waals surface area contributed by atoms with Crippen LogP contribution in [0.3, 0.4) is 0 Å². The number of rotatable bonds is 5. The molecule has 1 aromatic carbocycles. The molecule has 1 aliphatic rings. The highest BCUT2D eigenvalue weighted by molar-refractivity contribution is 7.89. The number of aromatic nitrogens is 1. The summed E-state index contributed by atoms with van der Waals surface area (Å²) in [5.41, 5.74) is 1.60. The minimum atomic E-state index is -3.22. The quantitative estimate of drug-likeness (QED) is 0.766. The van der Waals surface area contributed by atoms with Crippen LogP contribution >= 0.6 is 22.9 Å². The number of halogens is 1. The molecule has 0 saturated heterocycles. The number of benzene rings is 1. The lowest BCUT2D eigenvalue weighted by Crippen LogP contribution is -2.36. The average Bonchev–Trinajstić information content (AvgIpc) is 3.02. The van der Waals surface area contributed by atoms with Crippen molar-refractivity contribution in [1.29, 1.82) is 0 Å². The number of anilines is 1. The molecule has 26 heavy (non-hydrogen) atoms. The molecule has 0 radical (unpaired) electrons. The largest absolute Gasteiger partial charge is 0.298 e. The van der Waals surface area contributed by atoms with Gasteiger partial charge in [0.2, 0.25) is 15.9 Å². The Hall–Kier alpha value is -1.74. The molecule has 0 saturated carbocycles. The summed E-state index contributed by atoms with van der Waals surface area (Å²) in [4.78, 5) is 17.4. The van der Waals surface area contributed by atoms with Crippen LogP contribution in [0.2, 0.25) is 5.02 Å². The number of carbonyl (C=O) groups excluding carboxylic acids is 1. The topological polar surface area (TPSA) is 79.4 Å². The lowest BCUT2D eigenvalue weighted by molar-refractivity contribution is -0.111. The summed E-state index contributed by atoms with van der Waals surface area (Å²) in [7, 11) is -3.22. The molecule has 0 spiro atoms. The van der Waals surface area contributed by atoms with E-state index in [1.807, 2.05) is 18.2 Å². The van der Waals surface area contributed by atoms with E-state index in [1.54, 1.807) is 19.1 Å². The number of sulfonamides is 1. The van der Waals surface area contributed by atoms with Crippen molar-refractivity contribution >= 4 is 50.1 Å². The molecule has 0 unspecified atom stereocenters. The molecule has 3 rings (SSSR count). The van der Waals surface area contributed by atoms with E-state index >= 15 is 0 Å². The zero-order chi connectivity index (χ0) is 18.7. The van der Waals surface area contributed by atoms with Crippen LogP contribution in [0.4, 0.5) is 5.13 Å². The molecular weight excluding hydrogens is 394 g/mol. The van der Waals surface area contributed by atoms with Gasteiger partial charge in [0.1, 0.15) is 0 Å². The predicted molar refractivity (Wildman–Crippen MR) is 105 cm³/mol. The van der Waals surface area contributed by atoms with Crippen LogP contribution in [0.1, 0.15) is 23.1 Å². The van der Waals surface area contributed by atoms with Gasteiger partial charge in [-0.05, 0) is 24.6 Å². The minimum Gasteiger partial charge on any atom is -0.298 e. The van der Waals surface area contributed by atoms with E-state index in [1.165, 1.54) is 21.7 Å². The lowest BCUT2D eigenvalue weighted by atomic mass is 10.2. The van der Waals surface area contributed by atoms with E-state index in [4.69, 9.17) is 11.6 Å². The van der Waals surface area contributed by atoms with Crippen LogP contribution in [-0.4, -0.2) is 35.9 Å². The van der Waals surface area contributed by atoms with Crippen LogP contribution in [0.25, 0.3) is 6.08 Å². The minimum absolute atomic E-state index is 0.0809. The van der Waals surface area contributed by atoms with Crippen LogP contribution < -0.4 is 5.32 Å². The van der Waals surface area contributed by atoms with Gasteiger partial charge in [-0.1, -0.05) is 29.8 Å². The van der Waals surface area contributed by atoms with Gasteiger partial charge in [0, 0.05) is 35.5 Å². The van der Waals surface area contributed by atoms with Gasteiger partial charge < -0.3 is 0 Å². The molecule has 138 valence electrons. The van der Waals surface area contributed by atoms with Gasteiger partial charge in [0.25, 0.3) is 0 Å². The number of hydrogen-bond acceptors (Lipinski definition) is 5. The fraction of sp³-hybridized carbons (Fsp3) is 0.294. The van der Waals surface area contributed by atoms with Crippen molar-refractivity contribution < 1.29 is 13.2 Å². The Morgan fingerprint density at radius 3 is 2.92 bits per heavy atom. The van der Waals surface area contributed by atoms with Crippen LogP contribution in [0.15, 0.2) is 30.3 Å². The third kappa shape index (κ3) is 4.32. The predicted octanol–water partition coefficient (Wildman–Crippen LogP) is 3.16. The van der Waals surface area contributed by atoms with E-state index in [2.05, 4.69) is 10.3 Å². The maximum atomic E-state index is 12.1. The second kappa shape index (κ2) is 7.87. The molecule has 1 aromatic heterocycles. The first kappa shape index (κ1) is 19.0. The number of nitrogens with one attached hydrogen (secondary N) is 1. The molecule has 1 N–H and O–H groups in total. The zero-order valence-corrected chi connectivity index (χ0v) is 16.5. The average molecular weight is 412 g/mol. The molecule has 6 nitrogen and oxygen atoms in total. The van der Waals surface area contributed by atoms with Gasteiger partial charge in [-0.2, -0.15) is 4.31 Å². The molecule has 1 amide bonds. The van der Waals surface area contributed by atoms with E-state index in [0.717, 1.165) is 16.1 Å². The Kier molecular flexibility index (Phi) is 5.76. The Labute approximate surface area is 161 Å². The standard InChI is InChI=1S/C17H18ClN3O3S2/c1-2-26(23,24)21-10-9-14-15(11-21)25-17(19-14)20-16(22)8-7-12-5-3-4-6-13(12)18/h3-8H,2,9-11H2,1H3,(H,19,20,22)/b8-7+. The SMILES string of the molecule is CCS(=O)(=O)N1CCc2nc(NC(=O)/C=C/c3ccccc3Cl)sc2C1. The number of nitrogens with zero attached hydrogens (tertiary/aromatic N) is 2. The molecule has 9 heteroatoms. The molecule has 0 aliphatic carbocycles. The zero-order valence-electron chi connectivity index (χ0n) is 14.1. The third-order valence-corrected chi connectivity index (χ3v) is 7.17. The first-order chi connectivity index (χ1) is 12.4. The van der Waals surface area contributed by atoms with Crippen molar-refractivity contribution in [2.24, 2.45) is 0 Å². The van der Waals surface area contributed by atoms with Crippen molar-refractivity contribution in [3.63, 3.8) is 0 Å². The van der Waals surface area contributed by atoms with Gasteiger partial charge in [-0.15, -0.1) is 11.3 Å². The highest BCUT2D eigenvalue weighted by atomic mass is 35.5. The van der Waals surface area contributed by atoms with Crippen LogP contribution in [0.5, 0.6) is 0 Å². The van der Waals surface area contributed by atoms with Crippen molar-refractivity contribution in [1.82, 2.24) is 9.29 Å². The van der Waals surface area contributed by atoms with E-state index in [9.17, 15) is 13.2 Å². The number of fused-ring (bicyclic) bond motifs is 1. The van der Waals surface area contributed by atoms with Crippen LogP contribution in [-0.2, 0) is 27.8 Å². The third-order valence-electron chi connectivity index (χ3n) is 4.00. The maximum Gasteiger partial charge on any atom is 0.250 e. The normalized spacial score (nSPS) is 15.2. The number of thiazole rings is 1. The first-order valence-electron chi connectivity index (χ1n) is 8.09. The number of hydrogen-bond donors (Lipinski definition) is 1. The second-order valence-electron chi connectivity index (χ2n) is 5.72. The molecule has 1 aliphatic heterocycles. The van der Waals surface area contributed by atoms with E-state index in [0.29, 0.717) is 29.7 Å². The molecule has 0 bridgehead atoms. The molecular formula is C17H18ClN3O3S2. The van der Waals surface area contributed by atoms with Crippen molar-refractivity contribution in [3.8, 4) is 0 Å². The molecule has 0 fully saturated rings. The molecule has 2 heterocycles. The summed E-state index contributed by atoms with van der Waals surface area (Å²) >= 11 is 7.36. The Balaban J connectivity index is 1.67. The van der Waals surface area contributed by atoms with Gasteiger partial charge in [-0.25, -0.2) is 13.4 Å². The van der Waals surface area contributed by atoms with Gasteiger partial charge in [0.15, 0.2) is 5.13 Å². The highest BCUT2D eigenvalue weighted by Gasteiger charge is 2.27. The van der Waals surface area contributed by atoms with Gasteiger partial charge in [0.05, 0.1) is 11.4 Å². The fourth-order valence-corrected chi connectivity index (χ4v) is 4.94. The summed E-state index contributed by atoms with van der Waals surface area (Å²) in [5.74, 6) is -0.230. The smallest absolute Gasteiger partial charge is 0.250 e. The summed E-state index contributed by atoms with van der Waals surface area (Å²) in [6.45, 7) is 2.37. The maximum absolute atomic E-state index is 12.1. The van der Waals surface area contributed by atoms with Crippen molar-refractivity contribution in [2.75, 3.05) is 17.6 Å². The van der Waals surface area contributed by atoms with E-state index < -0.39 is 10.0 Å². The van der Waals surface area contributed by atoms with Gasteiger partial charge >= 0.3 is 0 Å². The molecule has 2 aromatic rings. The lowest BCUT2D eigenvalue weighted by Gasteiger charge is -2.24. The van der Waals surface area contributed by atoms with E-state index in [-0.39, 0.29) is 11.7 Å². The summed E-state index contributed by atoms with van der Waals surface area (Å²) in [6, 6.07) is 7.23. The molecule has 0 atom stereocenters. The number of amides is 1. The highest BCUT2D eigenvalue weighted by Crippen LogP contribution is 2.29. The monoisotopic (exact) mass is 411 g/mol. The van der Waals surface area contributed by atoms with Crippen molar-refractivity contribution in [2.45, 2.75) is 19.9 Å². The number of carbonyl (C=O) groups is 1. The summed E-state index contributed by atoms with van der Waals surface area (Å²) in [5, 5.41) is 3.77. The summed E-state index contributed by atoms with van der Waals surface area (Å²) in [6.07, 6.45) is 3.59. The Morgan fingerprint density at radius 2 is 2.19 bits per heavy atom. The van der Waals surface area contributed by atoms with Gasteiger partial charge in [-0.3, -0.25) is 10.1 Å². The van der Waals surface area contributed by atoms with Crippen LogP contribution in [0, 0.1) is 0 Å². The Bertz CT molecular complexity index is 954. The summed E-state index contributed by atoms with van der Waals surface area (Å²) < 4.78 is 25.5. The first-order valence-corrected chi connectivity index (χ1v) is 10.9. The second-order valence-corrected chi connectivity index (χ2v) is 9.47. The fourth-order valence-electron chi connectivity index (χ4n) is 2.57. The van der Waals surface area contributed by atoms with Crippen molar-refractivity contribution in [3.05, 3.63) is 51.5 Å². The Morgan fingerprint density at radius 1 is 1.42 bits per heavy atom.